The summed E-state index contributed by atoms with van der Waals surface area (Å²) in [7, 11) is 2.85. The zero-order valence-corrected chi connectivity index (χ0v) is 20.6. The van der Waals surface area contributed by atoms with Gasteiger partial charge in [-0.15, -0.1) is 0 Å². The van der Waals surface area contributed by atoms with Crippen LogP contribution in [0.2, 0.25) is 0 Å². The smallest absolute Gasteiger partial charge is 0.262 e. The number of carbonyl (C=O) groups is 2. The topological polar surface area (TPSA) is 137 Å². The zero-order valence-electron chi connectivity index (χ0n) is 20.6. The van der Waals surface area contributed by atoms with Crippen LogP contribution in [0.4, 0.5) is 0 Å². The van der Waals surface area contributed by atoms with E-state index in [0.29, 0.717) is 43.8 Å². The monoisotopic (exact) mass is 515 g/mol. The van der Waals surface area contributed by atoms with E-state index in [9.17, 15) is 24.9 Å². The molecule has 10 heteroatoms. The predicted molar refractivity (Wildman–Crippen MR) is 139 cm³/mol. The van der Waals surface area contributed by atoms with Crippen molar-refractivity contribution in [3.8, 4) is 0 Å². The first kappa shape index (κ1) is 23.3. The van der Waals surface area contributed by atoms with Crippen LogP contribution in [0.15, 0.2) is 48.5 Å². The van der Waals surface area contributed by atoms with E-state index < -0.39 is 43.2 Å². The van der Waals surface area contributed by atoms with Crippen LogP contribution in [-0.2, 0) is 9.47 Å². The van der Waals surface area contributed by atoms with Crippen LogP contribution in [0.1, 0.15) is 26.9 Å². The quantitative estimate of drug-likeness (QED) is 0.271. The van der Waals surface area contributed by atoms with Gasteiger partial charge < -0.3 is 34.3 Å². The van der Waals surface area contributed by atoms with Crippen LogP contribution >= 0.6 is 0 Å². The van der Waals surface area contributed by atoms with Crippen LogP contribution in [0.25, 0.3) is 43.6 Å². The first-order chi connectivity index (χ1) is 18.4. The van der Waals surface area contributed by atoms with Gasteiger partial charge in [0.15, 0.2) is 6.23 Å². The highest BCUT2D eigenvalue weighted by Gasteiger charge is 2.47. The second-order valence-electron chi connectivity index (χ2n) is 9.88. The van der Waals surface area contributed by atoms with Gasteiger partial charge in [-0.2, -0.15) is 0 Å². The molecular formula is C28H25N3O7. The Bertz CT molecular complexity index is 1800. The SMILES string of the molecule is CO[C@H]1[C@H](O)[C@@H](O)[C@H](n2c3ccccc3c3c4c(c5c6ccccc6[nH]c5c32)C(=O)N(C)C4=O)O[C@@H]1CO. The number of amides is 2. The van der Waals surface area contributed by atoms with Gasteiger partial charge in [0, 0.05) is 41.2 Å². The van der Waals surface area contributed by atoms with Crippen LogP contribution in [0, 0.1) is 0 Å². The lowest BCUT2D eigenvalue weighted by Crippen LogP contribution is -2.57. The highest BCUT2D eigenvalue weighted by atomic mass is 16.6. The number of aliphatic hydroxyl groups is 3. The van der Waals surface area contributed by atoms with Crippen molar-refractivity contribution in [2.24, 2.45) is 0 Å². The molecule has 38 heavy (non-hydrogen) atoms. The third-order valence-corrected chi connectivity index (χ3v) is 8.01. The molecule has 2 amide bonds. The second kappa shape index (κ2) is 8.10. The first-order valence-corrected chi connectivity index (χ1v) is 12.4. The van der Waals surface area contributed by atoms with Crippen LogP contribution < -0.4 is 0 Å². The maximum absolute atomic E-state index is 13.6. The molecule has 7 rings (SSSR count). The Kier molecular flexibility index (Phi) is 4.97. The summed E-state index contributed by atoms with van der Waals surface area (Å²) in [6.07, 6.45) is -5.76. The van der Waals surface area contributed by atoms with Crippen molar-refractivity contribution in [2.45, 2.75) is 30.6 Å². The van der Waals surface area contributed by atoms with E-state index in [0.717, 1.165) is 15.8 Å². The molecule has 2 aromatic heterocycles. The van der Waals surface area contributed by atoms with Gasteiger partial charge in [-0.1, -0.05) is 36.4 Å². The molecule has 5 atom stereocenters. The fourth-order valence-electron chi connectivity index (χ4n) is 6.28. The Morgan fingerprint density at radius 2 is 1.61 bits per heavy atom. The van der Waals surface area contributed by atoms with Gasteiger partial charge in [-0.3, -0.25) is 14.5 Å². The summed E-state index contributed by atoms with van der Waals surface area (Å²) in [5.74, 6) is -0.797. The lowest BCUT2D eigenvalue weighted by molar-refractivity contribution is -0.255. The van der Waals surface area contributed by atoms with Gasteiger partial charge in [-0.25, -0.2) is 0 Å². The van der Waals surface area contributed by atoms with E-state index in [2.05, 4.69) is 4.98 Å². The number of hydrogen-bond acceptors (Lipinski definition) is 7. The van der Waals surface area contributed by atoms with E-state index in [1.165, 1.54) is 14.2 Å². The number of H-pyrrole nitrogens is 1. The number of aliphatic hydroxyl groups excluding tert-OH is 3. The van der Waals surface area contributed by atoms with Crippen LogP contribution in [0.3, 0.4) is 0 Å². The van der Waals surface area contributed by atoms with Crippen molar-refractivity contribution < 1.29 is 34.4 Å². The number of aromatic nitrogens is 2. The van der Waals surface area contributed by atoms with Crippen molar-refractivity contribution in [2.75, 3.05) is 20.8 Å². The first-order valence-electron chi connectivity index (χ1n) is 12.4. The molecule has 0 unspecified atom stereocenters. The maximum atomic E-state index is 13.6. The average molecular weight is 516 g/mol. The van der Waals surface area contributed by atoms with Gasteiger partial charge in [-0.05, 0) is 12.1 Å². The van der Waals surface area contributed by atoms with Crippen molar-refractivity contribution in [1.82, 2.24) is 14.5 Å². The number of fused-ring (bicyclic) bond motifs is 10. The minimum absolute atomic E-state index is 0.291. The van der Waals surface area contributed by atoms with Crippen molar-refractivity contribution in [3.05, 3.63) is 59.7 Å². The molecule has 4 N–H and O–H groups in total. The van der Waals surface area contributed by atoms with Crippen molar-refractivity contribution in [3.63, 3.8) is 0 Å². The lowest BCUT2D eigenvalue weighted by Gasteiger charge is -2.42. The third kappa shape index (κ3) is 2.78. The van der Waals surface area contributed by atoms with E-state index in [1.807, 2.05) is 48.5 Å². The number of aromatic amines is 1. The number of nitrogens with zero attached hydrogens (tertiary/aromatic N) is 2. The molecule has 2 aliphatic heterocycles. The van der Waals surface area contributed by atoms with Gasteiger partial charge >= 0.3 is 0 Å². The van der Waals surface area contributed by atoms with E-state index in [-0.39, 0.29) is 5.91 Å². The summed E-state index contributed by atoms with van der Waals surface area (Å²) in [4.78, 5) is 31.6. The van der Waals surface area contributed by atoms with Crippen molar-refractivity contribution in [1.29, 1.82) is 0 Å². The number of nitrogens with one attached hydrogen (secondary N) is 1. The molecule has 2 aliphatic rings. The summed E-state index contributed by atoms with van der Waals surface area (Å²) in [5, 5.41) is 34.9. The minimum atomic E-state index is -1.42. The molecule has 0 bridgehead atoms. The summed E-state index contributed by atoms with van der Waals surface area (Å²) in [6, 6.07) is 14.9. The Labute approximate surface area is 215 Å². The number of carbonyl (C=O) groups excluding carboxylic acids is 2. The van der Waals surface area contributed by atoms with Crippen LogP contribution in [0.5, 0.6) is 0 Å². The zero-order chi connectivity index (χ0) is 26.5. The number of hydrogen-bond donors (Lipinski definition) is 4. The molecule has 3 aromatic carbocycles. The standard InChI is InChI=1S/C28H25N3O7/c1-30-26(35)19-17-12-7-3-5-9-14(12)29-21(17)22-18(20(19)27(30)36)13-8-4-6-10-15(13)31(22)28-24(34)23(33)25(37-2)16(11-32)38-28/h3-10,16,23-25,28-29,32-34H,11H2,1-2H3/t16-,23-,24-,25-,28-/m1/s1. The molecule has 0 radical (unpaired) electrons. The largest absolute Gasteiger partial charge is 0.394 e. The second-order valence-corrected chi connectivity index (χ2v) is 9.88. The van der Waals surface area contributed by atoms with Crippen molar-refractivity contribution >= 4 is 55.4 Å². The summed E-state index contributed by atoms with van der Waals surface area (Å²) >= 11 is 0. The Morgan fingerprint density at radius 1 is 0.947 bits per heavy atom. The highest BCUT2D eigenvalue weighted by molar-refractivity contribution is 6.39. The van der Waals surface area contributed by atoms with Crippen LogP contribution in [-0.4, -0.2) is 86.8 Å². The molecule has 194 valence electrons. The number of methoxy groups -OCH3 is 1. The number of ether oxygens (including phenoxy) is 2. The summed E-state index contributed by atoms with van der Waals surface area (Å²) < 4.78 is 13.3. The summed E-state index contributed by atoms with van der Waals surface area (Å²) in [6.45, 7) is -0.440. The van der Waals surface area contributed by atoms with E-state index in [1.54, 1.807) is 4.57 Å². The van der Waals surface area contributed by atoms with E-state index in [4.69, 9.17) is 9.47 Å². The molecular weight excluding hydrogens is 490 g/mol. The molecule has 4 heterocycles. The Hall–Kier alpha value is -3.80. The Balaban J connectivity index is 1.68. The molecule has 1 fully saturated rings. The van der Waals surface area contributed by atoms with E-state index >= 15 is 0 Å². The normalized spacial score (nSPS) is 25.9. The number of imide groups is 1. The molecule has 0 spiro atoms. The number of rotatable bonds is 3. The van der Waals surface area contributed by atoms with Gasteiger partial charge in [0.05, 0.1) is 34.3 Å². The predicted octanol–water partition coefficient (Wildman–Crippen LogP) is 2.28. The molecule has 1 saturated heterocycles. The van der Waals surface area contributed by atoms with Gasteiger partial charge in [0.2, 0.25) is 0 Å². The number of para-hydroxylation sites is 2. The molecule has 0 saturated carbocycles. The highest BCUT2D eigenvalue weighted by Crippen LogP contribution is 2.47. The fourth-order valence-corrected chi connectivity index (χ4v) is 6.28. The van der Waals surface area contributed by atoms with Gasteiger partial charge in [0.25, 0.3) is 11.8 Å². The third-order valence-electron chi connectivity index (χ3n) is 8.01. The number of benzene rings is 3. The minimum Gasteiger partial charge on any atom is -0.394 e. The summed E-state index contributed by atoms with van der Waals surface area (Å²) in [5.41, 5.74) is 3.19. The van der Waals surface area contributed by atoms with Gasteiger partial charge in [0.1, 0.15) is 24.4 Å². The fraction of sp³-hybridized carbons (Fsp3) is 0.286. The lowest BCUT2D eigenvalue weighted by atomic mass is 9.96. The Morgan fingerprint density at radius 3 is 2.32 bits per heavy atom. The maximum Gasteiger partial charge on any atom is 0.262 e. The molecule has 10 nitrogen and oxygen atoms in total. The average Bonchev–Trinajstić information content (AvgIpc) is 3.55. The molecule has 0 aliphatic carbocycles. The molecule has 5 aromatic rings.